The summed E-state index contributed by atoms with van der Waals surface area (Å²) in [6, 6.07) is 5.28. The number of nitrogens with two attached hydrogens (primary N) is 1. The molecule has 10 heteroatoms. The first kappa shape index (κ1) is 21.8. The molecular weight excluding hydrogens is 401 g/mol. The van der Waals surface area contributed by atoms with Crippen molar-refractivity contribution >= 4 is 28.5 Å². The lowest BCUT2D eigenvalue weighted by Gasteiger charge is -2.20. The van der Waals surface area contributed by atoms with Gasteiger partial charge in [0.05, 0.1) is 30.1 Å². The Bertz CT molecular complexity index is 1310. The SMILES string of the molecule is C[C@H](C(=N)n1cc(C(C=NCCO)=CN)cc(F)c1=N)n1ccc2ncccc2c1=O. The van der Waals surface area contributed by atoms with Gasteiger partial charge in [0.25, 0.3) is 5.56 Å². The highest BCUT2D eigenvalue weighted by molar-refractivity contribution is 6.09. The number of rotatable bonds is 6. The van der Waals surface area contributed by atoms with Crippen molar-refractivity contribution in [1.29, 1.82) is 10.8 Å². The molecule has 0 spiro atoms. The van der Waals surface area contributed by atoms with E-state index >= 15 is 0 Å². The first-order chi connectivity index (χ1) is 14.9. The number of aromatic nitrogens is 3. The van der Waals surface area contributed by atoms with Crippen LogP contribution in [0.25, 0.3) is 16.5 Å². The molecule has 0 aliphatic heterocycles. The molecule has 3 heterocycles. The van der Waals surface area contributed by atoms with Crippen LogP contribution in [-0.2, 0) is 0 Å². The van der Waals surface area contributed by atoms with Crippen molar-refractivity contribution in [3.05, 3.63) is 76.3 Å². The molecule has 3 aromatic heterocycles. The van der Waals surface area contributed by atoms with Crippen LogP contribution in [0.3, 0.4) is 0 Å². The van der Waals surface area contributed by atoms with Crippen molar-refractivity contribution in [3.63, 3.8) is 0 Å². The summed E-state index contributed by atoms with van der Waals surface area (Å²) in [6.45, 7) is 1.63. The highest BCUT2D eigenvalue weighted by Gasteiger charge is 2.18. The standard InChI is InChI=1S/C21H22FN7O2/c1-13(28-7-4-18-16(21(28)31)3-2-5-27-18)19(24)29-12-14(9-17(22)20(29)25)15(10-23)11-26-6-8-30/h2-5,7,9-13,24-25,30H,6,8,23H2,1H3/t13-/m1/s1. The van der Waals surface area contributed by atoms with Crippen LogP contribution in [0.4, 0.5) is 4.39 Å². The van der Waals surface area contributed by atoms with Gasteiger partial charge in [0.2, 0.25) is 0 Å². The lowest BCUT2D eigenvalue weighted by molar-refractivity contribution is 0.307. The average Bonchev–Trinajstić information content (AvgIpc) is 2.78. The van der Waals surface area contributed by atoms with Crippen LogP contribution in [0.2, 0.25) is 0 Å². The highest BCUT2D eigenvalue weighted by atomic mass is 19.1. The Morgan fingerprint density at radius 1 is 1.45 bits per heavy atom. The van der Waals surface area contributed by atoms with E-state index in [1.54, 1.807) is 31.3 Å². The normalized spacial score (nSPS) is 13.1. The summed E-state index contributed by atoms with van der Waals surface area (Å²) in [5, 5.41) is 25.9. The fourth-order valence-corrected chi connectivity index (χ4v) is 3.07. The predicted octanol–water partition coefficient (Wildman–Crippen LogP) is 1.27. The monoisotopic (exact) mass is 423 g/mol. The smallest absolute Gasteiger partial charge is 0.260 e. The molecule has 0 aliphatic carbocycles. The molecule has 9 nitrogen and oxygen atoms in total. The van der Waals surface area contributed by atoms with Crippen LogP contribution in [0.15, 0.2) is 58.8 Å². The van der Waals surface area contributed by atoms with Gasteiger partial charge in [-0.3, -0.25) is 30.2 Å². The fourth-order valence-electron chi connectivity index (χ4n) is 3.07. The maximum atomic E-state index is 14.5. The number of aliphatic hydroxyl groups is 1. The molecule has 31 heavy (non-hydrogen) atoms. The molecule has 0 bridgehead atoms. The largest absolute Gasteiger partial charge is 0.404 e. The van der Waals surface area contributed by atoms with E-state index in [1.165, 1.54) is 29.4 Å². The molecule has 160 valence electrons. The van der Waals surface area contributed by atoms with Crippen molar-refractivity contribution in [1.82, 2.24) is 14.1 Å². The summed E-state index contributed by atoms with van der Waals surface area (Å²) in [5.74, 6) is -1.04. The van der Waals surface area contributed by atoms with Crippen LogP contribution in [0.5, 0.6) is 0 Å². The van der Waals surface area contributed by atoms with E-state index in [9.17, 15) is 9.18 Å². The van der Waals surface area contributed by atoms with Crippen molar-refractivity contribution in [2.75, 3.05) is 13.2 Å². The van der Waals surface area contributed by atoms with Crippen LogP contribution in [-0.4, -0.2) is 44.4 Å². The van der Waals surface area contributed by atoms with Gasteiger partial charge >= 0.3 is 0 Å². The van der Waals surface area contributed by atoms with E-state index in [-0.39, 0.29) is 24.5 Å². The van der Waals surface area contributed by atoms with Gasteiger partial charge in [-0.1, -0.05) is 0 Å². The number of hydrogen-bond acceptors (Lipinski definition) is 7. The zero-order chi connectivity index (χ0) is 22.5. The second kappa shape index (κ2) is 9.26. The lowest BCUT2D eigenvalue weighted by atomic mass is 10.1. The molecule has 0 amide bonds. The minimum Gasteiger partial charge on any atom is -0.404 e. The number of halogens is 1. The summed E-state index contributed by atoms with van der Waals surface area (Å²) in [7, 11) is 0. The average molecular weight is 423 g/mol. The molecule has 0 unspecified atom stereocenters. The molecule has 0 radical (unpaired) electrons. The van der Waals surface area contributed by atoms with Gasteiger partial charge in [-0.25, -0.2) is 4.39 Å². The maximum Gasteiger partial charge on any atom is 0.260 e. The zero-order valence-electron chi connectivity index (χ0n) is 16.8. The lowest BCUT2D eigenvalue weighted by Crippen LogP contribution is -2.37. The van der Waals surface area contributed by atoms with Crippen molar-refractivity contribution in [3.8, 4) is 0 Å². The number of hydrogen-bond donors (Lipinski definition) is 4. The Kier molecular flexibility index (Phi) is 6.51. The molecule has 0 aliphatic rings. The van der Waals surface area contributed by atoms with E-state index < -0.39 is 17.3 Å². The molecule has 3 aromatic rings. The van der Waals surface area contributed by atoms with Crippen LogP contribution in [0, 0.1) is 16.6 Å². The van der Waals surface area contributed by atoms with Crippen molar-refractivity contribution in [2.45, 2.75) is 13.0 Å². The van der Waals surface area contributed by atoms with E-state index in [2.05, 4.69) is 9.98 Å². The minimum absolute atomic E-state index is 0.146. The molecule has 0 saturated heterocycles. The Balaban J connectivity index is 2.05. The van der Waals surface area contributed by atoms with Gasteiger partial charge in [-0.2, -0.15) is 0 Å². The number of aliphatic imine (C=N–C) groups is 1. The minimum atomic E-state index is -0.862. The third kappa shape index (κ3) is 4.33. The summed E-state index contributed by atoms with van der Waals surface area (Å²) in [6.07, 6.45) is 7.10. The molecule has 0 fully saturated rings. The molecule has 0 saturated carbocycles. The number of nitrogens with one attached hydrogen (secondary N) is 2. The second-order valence-electron chi connectivity index (χ2n) is 6.70. The Labute approximate surface area is 176 Å². The summed E-state index contributed by atoms with van der Waals surface area (Å²) in [4.78, 5) is 21.0. The number of fused-ring (bicyclic) bond motifs is 1. The summed E-state index contributed by atoms with van der Waals surface area (Å²) < 4.78 is 16.9. The predicted molar refractivity (Wildman–Crippen MR) is 117 cm³/mol. The van der Waals surface area contributed by atoms with Crippen molar-refractivity contribution in [2.24, 2.45) is 10.7 Å². The third-order valence-electron chi connectivity index (χ3n) is 4.76. The second-order valence-corrected chi connectivity index (χ2v) is 6.70. The number of pyridine rings is 3. The number of nitrogens with zero attached hydrogens (tertiary/aromatic N) is 4. The Morgan fingerprint density at radius 2 is 2.23 bits per heavy atom. The molecule has 0 aromatic carbocycles. The summed E-state index contributed by atoms with van der Waals surface area (Å²) >= 11 is 0. The van der Waals surface area contributed by atoms with Crippen LogP contribution >= 0.6 is 0 Å². The molecule has 5 N–H and O–H groups in total. The van der Waals surface area contributed by atoms with Gasteiger partial charge in [0.1, 0.15) is 5.84 Å². The topological polar surface area (TPSA) is 146 Å². The molecular formula is C21H22FN7O2. The third-order valence-corrected chi connectivity index (χ3v) is 4.76. The quantitative estimate of drug-likeness (QED) is 0.349. The van der Waals surface area contributed by atoms with Crippen LogP contribution in [0.1, 0.15) is 18.5 Å². The Hall–Kier alpha value is -3.92. The first-order valence-electron chi connectivity index (χ1n) is 9.43. The van der Waals surface area contributed by atoms with E-state index in [1.807, 2.05) is 0 Å². The fraction of sp³-hybridized carbons (Fsp3) is 0.190. The summed E-state index contributed by atoms with van der Waals surface area (Å²) in [5.41, 5.74) is 5.94. The highest BCUT2D eigenvalue weighted by Crippen LogP contribution is 2.14. The van der Waals surface area contributed by atoms with Gasteiger partial charge in [0.15, 0.2) is 11.3 Å². The van der Waals surface area contributed by atoms with Gasteiger partial charge in [0, 0.05) is 42.1 Å². The Morgan fingerprint density at radius 3 is 2.94 bits per heavy atom. The zero-order valence-corrected chi connectivity index (χ0v) is 16.8. The molecule has 3 rings (SSSR count). The van der Waals surface area contributed by atoms with Gasteiger partial charge < -0.3 is 15.4 Å². The van der Waals surface area contributed by atoms with E-state index in [4.69, 9.17) is 21.7 Å². The van der Waals surface area contributed by atoms with Gasteiger partial charge in [-0.15, -0.1) is 0 Å². The van der Waals surface area contributed by atoms with E-state index in [0.29, 0.717) is 22.0 Å². The number of allylic oxidation sites excluding steroid dienone is 1. The number of aliphatic hydroxyl groups excluding tert-OH is 1. The molecule has 1 atom stereocenters. The van der Waals surface area contributed by atoms with E-state index in [0.717, 1.165) is 10.6 Å². The first-order valence-corrected chi connectivity index (χ1v) is 9.43. The maximum absolute atomic E-state index is 14.5. The van der Waals surface area contributed by atoms with Gasteiger partial charge in [-0.05, 0) is 31.2 Å². The van der Waals surface area contributed by atoms with Crippen LogP contribution < -0.4 is 16.8 Å². The van der Waals surface area contributed by atoms with Crippen molar-refractivity contribution < 1.29 is 9.50 Å².